The van der Waals surface area contributed by atoms with Gasteiger partial charge in [0.25, 0.3) is 0 Å². The van der Waals surface area contributed by atoms with E-state index in [1.54, 1.807) is 0 Å². The number of hydrogen-bond acceptors (Lipinski definition) is 6. The number of carboxylic acids is 1. The molecule has 164 valence electrons. The maximum atomic E-state index is 10.6. The van der Waals surface area contributed by atoms with Gasteiger partial charge in [0.2, 0.25) is 5.95 Å². The van der Waals surface area contributed by atoms with Gasteiger partial charge in [0.15, 0.2) is 0 Å². The Morgan fingerprint density at radius 1 is 1.30 bits per heavy atom. The van der Waals surface area contributed by atoms with Gasteiger partial charge in [-0.3, -0.25) is 4.68 Å². The summed E-state index contributed by atoms with van der Waals surface area (Å²) >= 11 is 0. The van der Waals surface area contributed by atoms with E-state index < -0.39 is 12.1 Å². The van der Waals surface area contributed by atoms with Crippen molar-refractivity contribution in [3.63, 3.8) is 0 Å². The van der Waals surface area contributed by atoms with Gasteiger partial charge in [-0.1, -0.05) is 12.8 Å². The van der Waals surface area contributed by atoms with E-state index in [2.05, 4.69) is 15.0 Å². The van der Waals surface area contributed by atoms with Crippen LogP contribution >= 0.6 is 0 Å². The number of alkyl halides is 3. The Labute approximate surface area is 171 Å². The van der Waals surface area contributed by atoms with Gasteiger partial charge in [0.05, 0.1) is 23.6 Å². The van der Waals surface area contributed by atoms with Gasteiger partial charge in [0.1, 0.15) is 0 Å². The minimum atomic E-state index is -5.08. The highest BCUT2D eigenvalue weighted by Gasteiger charge is 2.40. The summed E-state index contributed by atoms with van der Waals surface area (Å²) in [6.45, 7) is 4.54. The number of carbonyl (C=O) groups is 1. The van der Waals surface area contributed by atoms with E-state index in [1.165, 1.54) is 12.8 Å². The summed E-state index contributed by atoms with van der Waals surface area (Å²) in [6.07, 6.45) is 3.63. The fraction of sp³-hybridized carbons (Fsp3) is 0.579. The van der Waals surface area contributed by atoms with E-state index in [9.17, 15) is 13.2 Å². The number of aryl methyl sites for hydroxylation is 2. The second-order valence-corrected chi connectivity index (χ2v) is 7.51. The number of ether oxygens (including phenoxy) is 1. The Bertz CT molecular complexity index is 894. The van der Waals surface area contributed by atoms with Gasteiger partial charge in [-0.2, -0.15) is 18.3 Å². The number of morpholine rings is 1. The Balaban J connectivity index is 0.000000318. The van der Waals surface area contributed by atoms with Crippen LogP contribution in [0, 0.1) is 6.92 Å². The van der Waals surface area contributed by atoms with Crippen molar-refractivity contribution in [2.24, 2.45) is 7.05 Å². The summed E-state index contributed by atoms with van der Waals surface area (Å²) in [5.41, 5.74) is 3.03. The van der Waals surface area contributed by atoms with Gasteiger partial charge in [-0.05, 0) is 25.8 Å². The molecule has 2 aromatic heterocycles. The lowest BCUT2D eigenvalue weighted by atomic mass is 10.00. The average molecular weight is 427 g/mol. The summed E-state index contributed by atoms with van der Waals surface area (Å²) in [6, 6.07) is 1.96. The first-order chi connectivity index (χ1) is 14.1. The molecule has 1 N–H and O–H groups in total. The predicted molar refractivity (Wildman–Crippen MR) is 102 cm³/mol. The normalized spacial score (nSPS) is 18.2. The number of aromatic nitrogens is 4. The van der Waals surface area contributed by atoms with Gasteiger partial charge in [-0.25, -0.2) is 14.8 Å². The third kappa shape index (κ3) is 5.07. The molecule has 1 saturated heterocycles. The van der Waals surface area contributed by atoms with Crippen LogP contribution in [0.1, 0.15) is 31.4 Å². The van der Waals surface area contributed by atoms with Crippen LogP contribution in [-0.4, -0.2) is 62.3 Å². The molecule has 1 aliphatic carbocycles. The van der Waals surface area contributed by atoms with E-state index in [0.29, 0.717) is 0 Å². The monoisotopic (exact) mass is 427 g/mol. The molecule has 11 heteroatoms. The molecular formula is C19H24F3N5O3. The molecule has 1 saturated carbocycles. The Kier molecular flexibility index (Phi) is 6.30. The highest BCUT2D eigenvalue weighted by Crippen LogP contribution is 2.36. The smallest absolute Gasteiger partial charge is 0.475 e. The number of hydrogen-bond donors (Lipinski definition) is 1. The van der Waals surface area contributed by atoms with Crippen LogP contribution in [0.15, 0.2) is 18.5 Å². The summed E-state index contributed by atoms with van der Waals surface area (Å²) < 4.78 is 39.7. The van der Waals surface area contributed by atoms with E-state index in [1.807, 2.05) is 37.1 Å². The van der Waals surface area contributed by atoms with Crippen LogP contribution in [0.2, 0.25) is 0 Å². The van der Waals surface area contributed by atoms with E-state index in [0.717, 1.165) is 55.4 Å². The third-order valence-electron chi connectivity index (χ3n) is 5.22. The summed E-state index contributed by atoms with van der Waals surface area (Å²) in [5.74, 6) is -1.95. The topological polar surface area (TPSA) is 93.4 Å². The Hall–Kier alpha value is -2.69. The molecule has 3 heterocycles. The molecular weight excluding hydrogens is 403 g/mol. The van der Waals surface area contributed by atoms with Crippen LogP contribution in [0.4, 0.5) is 19.1 Å². The van der Waals surface area contributed by atoms with Crippen molar-refractivity contribution in [1.29, 1.82) is 0 Å². The Morgan fingerprint density at radius 2 is 1.97 bits per heavy atom. The minimum absolute atomic E-state index is 0.0296. The maximum Gasteiger partial charge on any atom is 0.490 e. The lowest BCUT2D eigenvalue weighted by Crippen LogP contribution is -2.51. The molecule has 8 nitrogen and oxygen atoms in total. The van der Waals surface area contributed by atoms with Crippen LogP contribution < -0.4 is 4.90 Å². The molecule has 2 aromatic rings. The zero-order valence-electron chi connectivity index (χ0n) is 16.8. The first-order valence-corrected chi connectivity index (χ1v) is 9.62. The molecule has 30 heavy (non-hydrogen) atoms. The van der Waals surface area contributed by atoms with Crippen molar-refractivity contribution in [3.8, 4) is 11.3 Å². The quantitative estimate of drug-likeness (QED) is 0.788. The molecule has 0 atom stereocenters. The second-order valence-electron chi connectivity index (χ2n) is 7.51. The number of rotatable bonds is 2. The second kappa shape index (κ2) is 8.58. The van der Waals surface area contributed by atoms with Crippen molar-refractivity contribution in [1.82, 2.24) is 19.7 Å². The van der Waals surface area contributed by atoms with Crippen molar-refractivity contribution in [3.05, 3.63) is 24.2 Å². The van der Waals surface area contributed by atoms with Crippen LogP contribution in [0.25, 0.3) is 11.3 Å². The SMILES string of the molecule is Cc1nn(C)cc1-c1ccnc(N2CCOC3(CCCC3)C2)n1.O=C(O)C(F)(F)F. The minimum Gasteiger partial charge on any atom is -0.475 e. The van der Waals surface area contributed by atoms with Crippen molar-refractivity contribution in [2.45, 2.75) is 44.4 Å². The first kappa shape index (κ1) is 22.0. The summed E-state index contributed by atoms with van der Waals surface area (Å²) in [5, 5.41) is 11.5. The summed E-state index contributed by atoms with van der Waals surface area (Å²) in [4.78, 5) is 20.5. The molecule has 0 amide bonds. The molecule has 0 unspecified atom stereocenters. The van der Waals surface area contributed by atoms with Gasteiger partial charge in [0, 0.05) is 38.1 Å². The molecule has 1 spiro atoms. The number of halogens is 3. The van der Waals surface area contributed by atoms with Crippen molar-refractivity contribution < 1.29 is 27.8 Å². The van der Waals surface area contributed by atoms with E-state index in [4.69, 9.17) is 19.6 Å². The van der Waals surface area contributed by atoms with Crippen molar-refractivity contribution in [2.75, 3.05) is 24.6 Å². The molecule has 4 rings (SSSR count). The van der Waals surface area contributed by atoms with Crippen molar-refractivity contribution >= 4 is 11.9 Å². The number of aliphatic carboxylic acids is 1. The standard InChI is InChI=1S/C17H23N5O.C2HF3O2/c1-13-14(11-21(2)20-13)15-5-8-18-16(19-15)22-9-10-23-17(12-22)6-3-4-7-17;3-2(4,5)1(6)7/h5,8,11H,3-4,6-7,9-10,12H2,1-2H3;(H,6,7). The fourth-order valence-electron chi connectivity index (χ4n) is 3.84. The number of nitrogens with zero attached hydrogens (tertiary/aromatic N) is 5. The number of carboxylic acid groups (broad SMARTS) is 1. The first-order valence-electron chi connectivity index (χ1n) is 9.62. The third-order valence-corrected chi connectivity index (χ3v) is 5.22. The van der Waals surface area contributed by atoms with Crippen LogP contribution in [0.3, 0.4) is 0 Å². The van der Waals surface area contributed by atoms with Gasteiger partial charge in [-0.15, -0.1) is 0 Å². The fourth-order valence-corrected chi connectivity index (χ4v) is 3.84. The lowest BCUT2D eigenvalue weighted by Gasteiger charge is -2.40. The van der Waals surface area contributed by atoms with E-state index in [-0.39, 0.29) is 5.60 Å². The van der Waals surface area contributed by atoms with Gasteiger partial charge >= 0.3 is 12.1 Å². The molecule has 2 aliphatic rings. The average Bonchev–Trinajstić information content (AvgIpc) is 3.27. The summed E-state index contributed by atoms with van der Waals surface area (Å²) in [7, 11) is 1.93. The zero-order chi connectivity index (χ0) is 21.9. The zero-order valence-corrected chi connectivity index (χ0v) is 16.8. The van der Waals surface area contributed by atoms with Gasteiger partial charge < -0.3 is 14.7 Å². The van der Waals surface area contributed by atoms with Crippen LogP contribution in [0.5, 0.6) is 0 Å². The Morgan fingerprint density at radius 3 is 2.53 bits per heavy atom. The number of anilines is 1. The molecule has 1 aliphatic heterocycles. The molecule has 2 fully saturated rings. The van der Waals surface area contributed by atoms with E-state index >= 15 is 0 Å². The molecule has 0 bridgehead atoms. The molecule has 0 aromatic carbocycles. The predicted octanol–water partition coefficient (Wildman–Crippen LogP) is 2.97. The molecule has 0 radical (unpaired) electrons. The maximum absolute atomic E-state index is 10.6. The largest absolute Gasteiger partial charge is 0.490 e. The highest BCUT2D eigenvalue weighted by atomic mass is 19.4. The lowest BCUT2D eigenvalue weighted by molar-refractivity contribution is -0.192. The van der Waals surface area contributed by atoms with Crippen LogP contribution in [-0.2, 0) is 16.6 Å². The highest BCUT2D eigenvalue weighted by molar-refractivity contribution is 5.73.